The maximum absolute atomic E-state index is 11.7. The summed E-state index contributed by atoms with van der Waals surface area (Å²) in [5.41, 5.74) is 2.54. The summed E-state index contributed by atoms with van der Waals surface area (Å²) in [5, 5.41) is 0. The van der Waals surface area contributed by atoms with Gasteiger partial charge in [0.25, 0.3) is 0 Å². The molecule has 0 unspecified atom stereocenters. The molecule has 104 valence electrons. The molecule has 0 aliphatic heterocycles. The van der Waals surface area contributed by atoms with Gasteiger partial charge in [-0.2, -0.15) is 0 Å². The summed E-state index contributed by atoms with van der Waals surface area (Å²) in [6.07, 6.45) is 0. The summed E-state index contributed by atoms with van der Waals surface area (Å²) in [7, 11) is 3.90. The van der Waals surface area contributed by atoms with Gasteiger partial charge in [0.1, 0.15) is 6.61 Å². The van der Waals surface area contributed by atoms with Crippen LogP contribution in [0.5, 0.6) is 0 Å². The van der Waals surface area contributed by atoms with Crippen LogP contribution in [0.15, 0.2) is 36.4 Å². The summed E-state index contributed by atoms with van der Waals surface area (Å²) in [6, 6.07) is 7.28. The van der Waals surface area contributed by atoms with Gasteiger partial charge in [-0.05, 0) is 31.2 Å². The lowest BCUT2D eigenvalue weighted by Crippen LogP contribution is -2.12. The number of carbonyl (C=O) groups excluding carboxylic acids is 1. The molecule has 0 saturated carbocycles. The predicted octanol–water partition coefficient (Wildman–Crippen LogP) is 2.50. The molecule has 0 heterocycles. The number of ether oxygens (including phenoxy) is 2. The molecule has 4 heteroatoms. The van der Waals surface area contributed by atoms with Gasteiger partial charge in [0.15, 0.2) is 0 Å². The molecule has 0 amide bonds. The van der Waals surface area contributed by atoms with Crippen molar-refractivity contribution < 1.29 is 14.3 Å². The standard InChI is InChI=1S/C15H21NO3/c1-12(2)11-18-9-10-19-15(17)13-5-7-14(8-6-13)16(3)4/h5-8H,1,9-11H2,2-4H3. The van der Waals surface area contributed by atoms with Crippen LogP contribution >= 0.6 is 0 Å². The molecule has 0 radical (unpaired) electrons. The Balaban J connectivity index is 2.35. The number of nitrogens with zero attached hydrogens (tertiary/aromatic N) is 1. The Morgan fingerprint density at radius 2 is 1.84 bits per heavy atom. The summed E-state index contributed by atoms with van der Waals surface area (Å²) >= 11 is 0. The molecule has 0 aliphatic carbocycles. The van der Waals surface area contributed by atoms with E-state index in [2.05, 4.69) is 6.58 Å². The van der Waals surface area contributed by atoms with Gasteiger partial charge in [-0.15, -0.1) is 0 Å². The highest BCUT2D eigenvalue weighted by molar-refractivity contribution is 5.89. The largest absolute Gasteiger partial charge is 0.460 e. The van der Waals surface area contributed by atoms with Gasteiger partial charge >= 0.3 is 5.97 Å². The minimum absolute atomic E-state index is 0.252. The molecule has 0 saturated heterocycles. The highest BCUT2D eigenvalue weighted by atomic mass is 16.6. The zero-order valence-electron chi connectivity index (χ0n) is 11.8. The van der Waals surface area contributed by atoms with E-state index in [4.69, 9.17) is 9.47 Å². The van der Waals surface area contributed by atoms with Crippen molar-refractivity contribution in [2.24, 2.45) is 0 Å². The lowest BCUT2D eigenvalue weighted by molar-refractivity contribution is 0.0347. The van der Waals surface area contributed by atoms with Gasteiger partial charge in [-0.3, -0.25) is 0 Å². The van der Waals surface area contributed by atoms with Crippen molar-refractivity contribution in [3.8, 4) is 0 Å². The third kappa shape index (κ3) is 5.57. The Morgan fingerprint density at radius 3 is 2.37 bits per heavy atom. The number of anilines is 1. The fourth-order valence-electron chi connectivity index (χ4n) is 1.42. The fraction of sp³-hybridized carbons (Fsp3) is 0.400. The highest BCUT2D eigenvalue weighted by Crippen LogP contribution is 2.12. The van der Waals surface area contributed by atoms with Gasteiger partial charge in [0, 0.05) is 19.8 Å². The van der Waals surface area contributed by atoms with E-state index < -0.39 is 0 Å². The molecule has 19 heavy (non-hydrogen) atoms. The summed E-state index contributed by atoms with van der Waals surface area (Å²) in [4.78, 5) is 13.7. The Labute approximate surface area is 114 Å². The Kier molecular flexibility index (Phi) is 6.09. The van der Waals surface area contributed by atoms with Gasteiger partial charge in [0.2, 0.25) is 0 Å². The lowest BCUT2D eigenvalue weighted by atomic mass is 10.2. The van der Waals surface area contributed by atoms with Crippen LogP contribution in [0.3, 0.4) is 0 Å². The fourth-order valence-corrected chi connectivity index (χ4v) is 1.42. The zero-order chi connectivity index (χ0) is 14.3. The number of esters is 1. The smallest absolute Gasteiger partial charge is 0.338 e. The number of carbonyl (C=O) groups is 1. The average Bonchev–Trinajstić information content (AvgIpc) is 2.37. The monoisotopic (exact) mass is 263 g/mol. The molecule has 0 N–H and O–H groups in total. The van der Waals surface area contributed by atoms with Gasteiger partial charge in [-0.25, -0.2) is 4.79 Å². The number of hydrogen-bond acceptors (Lipinski definition) is 4. The van der Waals surface area contributed by atoms with E-state index >= 15 is 0 Å². The van der Waals surface area contributed by atoms with E-state index in [0.717, 1.165) is 11.3 Å². The second-order valence-corrected chi connectivity index (χ2v) is 4.59. The van der Waals surface area contributed by atoms with Crippen LogP contribution in [-0.2, 0) is 9.47 Å². The van der Waals surface area contributed by atoms with Crippen molar-refractivity contribution in [2.45, 2.75) is 6.92 Å². The molecule has 0 fully saturated rings. The first-order valence-electron chi connectivity index (χ1n) is 6.17. The molecule has 1 aromatic carbocycles. The molecule has 4 nitrogen and oxygen atoms in total. The van der Waals surface area contributed by atoms with E-state index in [0.29, 0.717) is 18.8 Å². The maximum atomic E-state index is 11.7. The second kappa shape index (κ2) is 7.59. The van der Waals surface area contributed by atoms with Crippen molar-refractivity contribution in [1.29, 1.82) is 0 Å². The van der Waals surface area contributed by atoms with Crippen molar-refractivity contribution in [3.63, 3.8) is 0 Å². The van der Waals surface area contributed by atoms with Crippen LogP contribution in [0, 0.1) is 0 Å². The minimum Gasteiger partial charge on any atom is -0.460 e. The van der Waals surface area contributed by atoms with E-state index in [1.807, 2.05) is 38.1 Å². The predicted molar refractivity (Wildman–Crippen MR) is 76.7 cm³/mol. The second-order valence-electron chi connectivity index (χ2n) is 4.59. The van der Waals surface area contributed by atoms with Crippen LogP contribution in [0.2, 0.25) is 0 Å². The van der Waals surface area contributed by atoms with Crippen LogP contribution in [-0.4, -0.2) is 39.9 Å². The van der Waals surface area contributed by atoms with Crippen LogP contribution in [0.1, 0.15) is 17.3 Å². The topological polar surface area (TPSA) is 38.8 Å². The summed E-state index contributed by atoms with van der Waals surface area (Å²) < 4.78 is 10.4. The Morgan fingerprint density at radius 1 is 1.21 bits per heavy atom. The number of hydrogen-bond donors (Lipinski definition) is 0. The summed E-state index contributed by atoms with van der Waals surface area (Å²) in [6.45, 7) is 6.74. The first-order chi connectivity index (χ1) is 9.00. The Bertz CT molecular complexity index is 424. The number of benzene rings is 1. The average molecular weight is 263 g/mol. The van der Waals surface area contributed by atoms with Crippen molar-refractivity contribution in [1.82, 2.24) is 0 Å². The number of rotatable bonds is 7. The van der Waals surface area contributed by atoms with Crippen LogP contribution in [0.25, 0.3) is 0 Å². The molecule has 1 rings (SSSR count). The van der Waals surface area contributed by atoms with E-state index in [1.54, 1.807) is 12.1 Å². The zero-order valence-corrected chi connectivity index (χ0v) is 11.8. The quantitative estimate of drug-likeness (QED) is 0.430. The lowest BCUT2D eigenvalue weighted by Gasteiger charge is -2.12. The first-order valence-corrected chi connectivity index (χ1v) is 6.17. The summed E-state index contributed by atoms with van der Waals surface area (Å²) in [5.74, 6) is -0.329. The van der Waals surface area contributed by atoms with E-state index in [1.165, 1.54) is 0 Å². The van der Waals surface area contributed by atoms with E-state index in [-0.39, 0.29) is 12.6 Å². The van der Waals surface area contributed by atoms with Crippen LogP contribution < -0.4 is 4.90 Å². The molecule has 0 aliphatic rings. The molecule has 0 bridgehead atoms. The third-order valence-corrected chi connectivity index (χ3v) is 2.43. The first kappa shape index (κ1) is 15.2. The van der Waals surface area contributed by atoms with Gasteiger partial charge < -0.3 is 14.4 Å². The SMILES string of the molecule is C=C(C)COCCOC(=O)c1ccc(N(C)C)cc1. The van der Waals surface area contributed by atoms with Gasteiger partial charge in [0.05, 0.1) is 18.8 Å². The van der Waals surface area contributed by atoms with Crippen LogP contribution in [0.4, 0.5) is 5.69 Å². The highest BCUT2D eigenvalue weighted by Gasteiger charge is 2.07. The molecule has 1 aromatic rings. The maximum Gasteiger partial charge on any atom is 0.338 e. The molecule has 0 atom stereocenters. The van der Waals surface area contributed by atoms with Crippen molar-refractivity contribution >= 4 is 11.7 Å². The molecule has 0 spiro atoms. The van der Waals surface area contributed by atoms with Crippen molar-refractivity contribution in [2.75, 3.05) is 38.8 Å². The normalized spacial score (nSPS) is 10.1. The minimum atomic E-state index is -0.329. The molecule has 0 aromatic heterocycles. The van der Waals surface area contributed by atoms with Gasteiger partial charge in [-0.1, -0.05) is 12.2 Å². The van der Waals surface area contributed by atoms with Crippen molar-refractivity contribution in [3.05, 3.63) is 42.0 Å². The molecular formula is C15H21NO3. The van der Waals surface area contributed by atoms with E-state index in [9.17, 15) is 4.79 Å². The third-order valence-electron chi connectivity index (χ3n) is 2.43. The molecular weight excluding hydrogens is 242 g/mol. The Hall–Kier alpha value is -1.81.